The van der Waals surface area contributed by atoms with E-state index in [2.05, 4.69) is 0 Å². The molecule has 1 aromatic rings. The highest BCUT2D eigenvalue weighted by Gasteiger charge is 2.27. The van der Waals surface area contributed by atoms with Crippen LogP contribution in [0.4, 0.5) is 0 Å². The van der Waals surface area contributed by atoms with Crippen molar-refractivity contribution >= 4 is 17.5 Å². The van der Waals surface area contributed by atoms with Gasteiger partial charge >= 0.3 is 0 Å². The molecular weight excluding hydrogens is 186 g/mol. The molecule has 0 saturated heterocycles. The Balaban J connectivity index is 2.75. The van der Waals surface area contributed by atoms with Crippen molar-refractivity contribution in [2.24, 2.45) is 5.73 Å². The van der Waals surface area contributed by atoms with Crippen molar-refractivity contribution in [3.05, 3.63) is 35.9 Å². The van der Waals surface area contributed by atoms with E-state index >= 15 is 0 Å². The predicted molar refractivity (Wildman–Crippen MR) is 53.6 cm³/mol. The molecule has 3 heteroatoms. The largest absolute Gasteiger partial charge is 0.368 e. The summed E-state index contributed by atoms with van der Waals surface area (Å²) < 4.78 is 0. The van der Waals surface area contributed by atoms with Crippen LogP contribution in [0.2, 0.25) is 0 Å². The van der Waals surface area contributed by atoms with Crippen LogP contribution < -0.4 is 5.73 Å². The maximum Gasteiger partial charge on any atom is 0.238 e. The van der Waals surface area contributed by atoms with Crippen LogP contribution in [-0.4, -0.2) is 10.8 Å². The standard InChI is InChI=1S/C10H12ClNO/c1-10(11,9(12)13)7-8-5-3-2-4-6-8/h2-6H,7H2,1H3,(H2,12,13). The first-order valence-corrected chi connectivity index (χ1v) is 4.43. The summed E-state index contributed by atoms with van der Waals surface area (Å²) >= 11 is 5.93. The number of carbonyl (C=O) groups is 1. The van der Waals surface area contributed by atoms with Gasteiger partial charge in [0.1, 0.15) is 4.87 Å². The van der Waals surface area contributed by atoms with Crippen molar-refractivity contribution < 1.29 is 4.79 Å². The molecule has 0 aliphatic carbocycles. The Hall–Kier alpha value is -1.02. The van der Waals surface area contributed by atoms with Crippen LogP contribution in [0.1, 0.15) is 12.5 Å². The zero-order valence-corrected chi connectivity index (χ0v) is 8.21. The van der Waals surface area contributed by atoms with E-state index in [9.17, 15) is 4.79 Å². The van der Waals surface area contributed by atoms with Crippen molar-refractivity contribution in [1.29, 1.82) is 0 Å². The summed E-state index contributed by atoms with van der Waals surface area (Å²) in [5.41, 5.74) is 6.16. The van der Waals surface area contributed by atoms with Gasteiger partial charge in [0.25, 0.3) is 0 Å². The maximum atomic E-state index is 10.9. The molecule has 0 aromatic heterocycles. The van der Waals surface area contributed by atoms with Gasteiger partial charge in [0.2, 0.25) is 5.91 Å². The molecule has 13 heavy (non-hydrogen) atoms. The zero-order chi connectivity index (χ0) is 9.90. The maximum absolute atomic E-state index is 10.9. The molecule has 0 aliphatic heterocycles. The lowest BCUT2D eigenvalue weighted by Gasteiger charge is -2.17. The average molecular weight is 198 g/mol. The van der Waals surface area contributed by atoms with E-state index in [-0.39, 0.29) is 0 Å². The number of amides is 1. The first-order valence-electron chi connectivity index (χ1n) is 4.05. The molecule has 1 amide bonds. The molecule has 1 rings (SSSR count). The minimum atomic E-state index is -0.985. The summed E-state index contributed by atoms with van der Waals surface area (Å²) in [6.07, 6.45) is 0.463. The second kappa shape index (κ2) is 3.79. The van der Waals surface area contributed by atoms with Crippen LogP contribution in [0.5, 0.6) is 0 Å². The molecule has 0 radical (unpaired) electrons. The molecule has 1 atom stereocenters. The number of halogens is 1. The van der Waals surface area contributed by atoms with Gasteiger partial charge in [0.15, 0.2) is 0 Å². The van der Waals surface area contributed by atoms with Gasteiger partial charge in [-0.2, -0.15) is 0 Å². The predicted octanol–water partition coefficient (Wildman–Crippen LogP) is 1.71. The van der Waals surface area contributed by atoms with Crippen LogP contribution in [0.15, 0.2) is 30.3 Å². The second-order valence-electron chi connectivity index (χ2n) is 3.22. The minimum Gasteiger partial charge on any atom is -0.368 e. The van der Waals surface area contributed by atoms with Crippen molar-refractivity contribution in [2.45, 2.75) is 18.2 Å². The fourth-order valence-electron chi connectivity index (χ4n) is 1.07. The summed E-state index contributed by atoms with van der Waals surface area (Å²) in [6, 6.07) is 9.57. The van der Waals surface area contributed by atoms with Gasteiger partial charge in [-0.3, -0.25) is 4.79 Å². The Morgan fingerprint density at radius 3 is 2.46 bits per heavy atom. The molecule has 0 aliphatic rings. The zero-order valence-electron chi connectivity index (χ0n) is 7.46. The summed E-state index contributed by atoms with van der Waals surface area (Å²) in [6.45, 7) is 1.63. The van der Waals surface area contributed by atoms with Crippen molar-refractivity contribution in [3.8, 4) is 0 Å². The Labute approximate surface area is 82.7 Å². The third-order valence-corrected chi connectivity index (χ3v) is 2.21. The van der Waals surface area contributed by atoms with Gasteiger partial charge in [0, 0.05) is 6.42 Å². The number of alkyl halides is 1. The SMILES string of the molecule is CC(Cl)(Cc1ccccc1)C(N)=O. The van der Waals surface area contributed by atoms with Crippen molar-refractivity contribution in [1.82, 2.24) is 0 Å². The van der Waals surface area contributed by atoms with E-state index < -0.39 is 10.8 Å². The molecule has 2 N–H and O–H groups in total. The highest BCUT2D eigenvalue weighted by Crippen LogP contribution is 2.19. The van der Waals surface area contributed by atoms with Crippen molar-refractivity contribution in [2.75, 3.05) is 0 Å². The third kappa shape index (κ3) is 2.74. The first kappa shape index (κ1) is 10.1. The number of hydrogen-bond acceptors (Lipinski definition) is 1. The van der Waals surface area contributed by atoms with Gasteiger partial charge in [-0.15, -0.1) is 11.6 Å². The first-order chi connectivity index (χ1) is 6.02. The Morgan fingerprint density at radius 1 is 1.46 bits per heavy atom. The Bertz CT molecular complexity index is 295. The van der Waals surface area contributed by atoms with E-state index in [1.807, 2.05) is 30.3 Å². The highest BCUT2D eigenvalue weighted by molar-refractivity contribution is 6.34. The van der Waals surface area contributed by atoms with Gasteiger partial charge in [-0.25, -0.2) is 0 Å². The number of carbonyl (C=O) groups excluding carboxylic acids is 1. The van der Waals surface area contributed by atoms with Gasteiger partial charge < -0.3 is 5.73 Å². The molecule has 70 valence electrons. The Kier molecular flexibility index (Phi) is 2.94. The Morgan fingerprint density at radius 2 is 2.00 bits per heavy atom. The van der Waals surface area contributed by atoms with Crippen LogP contribution in [0, 0.1) is 0 Å². The lowest BCUT2D eigenvalue weighted by atomic mass is 10.00. The number of rotatable bonds is 3. The van der Waals surface area contributed by atoms with Gasteiger partial charge in [-0.1, -0.05) is 30.3 Å². The molecule has 0 heterocycles. The van der Waals surface area contributed by atoms with E-state index in [0.717, 1.165) is 5.56 Å². The number of nitrogens with two attached hydrogens (primary N) is 1. The summed E-state index contributed by atoms with van der Waals surface area (Å²) in [7, 11) is 0. The fourth-order valence-corrected chi connectivity index (χ4v) is 1.22. The monoisotopic (exact) mass is 197 g/mol. The van der Waals surface area contributed by atoms with E-state index in [4.69, 9.17) is 17.3 Å². The topological polar surface area (TPSA) is 43.1 Å². The molecule has 1 unspecified atom stereocenters. The number of primary amides is 1. The third-order valence-electron chi connectivity index (χ3n) is 1.89. The van der Waals surface area contributed by atoms with Crippen LogP contribution in [0.25, 0.3) is 0 Å². The quantitative estimate of drug-likeness (QED) is 0.737. The summed E-state index contributed by atoms with van der Waals surface area (Å²) in [5.74, 6) is -0.488. The molecule has 0 saturated carbocycles. The number of benzene rings is 1. The number of hydrogen-bond donors (Lipinski definition) is 1. The smallest absolute Gasteiger partial charge is 0.238 e. The second-order valence-corrected chi connectivity index (χ2v) is 4.06. The normalized spacial score (nSPS) is 14.9. The van der Waals surface area contributed by atoms with Gasteiger partial charge in [-0.05, 0) is 12.5 Å². The lowest BCUT2D eigenvalue weighted by Crippen LogP contribution is -2.37. The van der Waals surface area contributed by atoms with E-state index in [0.29, 0.717) is 6.42 Å². The van der Waals surface area contributed by atoms with Crippen LogP contribution in [0.3, 0.4) is 0 Å². The molecule has 0 fully saturated rings. The molecule has 1 aromatic carbocycles. The summed E-state index contributed by atoms with van der Waals surface area (Å²) in [4.78, 5) is 9.93. The van der Waals surface area contributed by atoms with E-state index in [1.54, 1.807) is 6.92 Å². The highest BCUT2D eigenvalue weighted by atomic mass is 35.5. The molecule has 2 nitrogen and oxygen atoms in total. The van der Waals surface area contributed by atoms with Crippen LogP contribution >= 0.6 is 11.6 Å². The average Bonchev–Trinajstić information content (AvgIpc) is 2.05. The lowest BCUT2D eigenvalue weighted by molar-refractivity contribution is -0.120. The van der Waals surface area contributed by atoms with Gasteiger partial charge in [0.05, 0.1) is 0 Å². The van der Waals surface area contributed by atoms with Crippen LogP contribution in [-0.2, 0) is 11.2 Å². The fraction of sp³-hybridized carbons (Fsp3) is 0.300. The van der Waals surface area contributed by atoms with E-state index in [1.165, 1.54) is 0 Å². The summed E-state index contributed by atoms with van der Waals surface area (Å²) in [5, 5.41) is 0. The minimum absolute atomic E-state index is 0.463. The molecular formula is C10H12ClNO. The molecule has 0 bridgehead atoms. The van der Waals surface area contributed by atoms with Crippen molar-refractivity contribution in [3.63, 3.8) is 0 Å². The molecule has 0 spiro atoms.